The molecule has 1 saturated carbocycles. The first-order valence-electron chi connectivity index (χ1n) is 10.2. The predicted molar refractivity (Wildman–Crippen MR) is 117 cm³/mol. The van der Waals surface area contributed by atoms with E-state index in [9.17, 15) is 18.3 Å². The number of hydrogen-bond acceptors (Lipinski definition) is 4. The second kappa shape index (κ2) is 8.52. The molecular formula is C22H25ClN2O5S. The van der Waals surface area contributed by atoms with E-state index in [1.165, 1.54) is 4.31 Å². The van der Waals surface area contributed by atoms with Crippen molar-refractivity contribution in [2.75, 3.05) is 13.1 Å². The van der Waals surface area contributed by atoms with E-state index in [1.807, 2.05) is 42.5 Å². The van der Waals surface area contributed by atoms with Gasteiger partial charge in [0.2, 0.25) is 0 Å². The topological polar surface area (TPSA) is 95.9 Å². The van der Waals surface area contributed by atoms with E-state index in [0.717, 1.165) is 11.1 Å². The number of carboxylic acid groups (broad SMARTS) is 1. The quantitative estimate of drug-likeness (QED) is 0.626. The number of carbonyl (C=O) groups is 1. The first-order valence-corrected chi connectivity index (χ1v) is 12.0. The number of hydrogen-bond donors (Lipinski definition) is 2. The van der Waals surface area contributed by atoms with Crippen LogP contribution >= 0.6 is 11.6 Å². The SMILES string of the molecule is CC1[C@@H](c2ccccc2)[C@]1(NS(=O)(=O)N1CCC(OCc2cccc(Cl)c2)C1)C(=O)O. The van der Waals surface area contributed by atoms with Crippen LogP contribution in [0.2, 0.25) is 5.02 Å². The van der Waals surface area contributed by atoms with Gasteiger partial charge in [0.05, 0.1) is 12.7 Å². The summed E-state index contributed by atoms with van der Waals surface area (Å²) in [7, 11) is -4.00. The molecule has 9 heteroatoms. The van der Waals surface area contributed by atoms with Crippen LogP contribution in [0.15, 0.2) is 54.6 Å². The second-order valence-corrected chi connectivity index (χ2v) is 10.3. The number of ether oxygens (including phenoxy) is 1. The Labute approximate surface area is 187 Å². The molecule has 4 atom stereocenters. The fraction of sp³-hybridized carbons (Fsp3) is 0.409. The molecule has 0 aromatic heterocycles. The van der Waals surface area contributed by atoms with E-state index in [-0.39, 0.29) is 25.1 Å². The lowest BCUT2D eigenvalue weighted by molar-refractivity contribution is -0.140. The maximum Gasteiger partial charge on any atom is 0.325 e. The molecule has 0 amide bonds. The van der Waals surface area contributed by atoms with Gasteiger partial charge in [-0.2, -0.15) is 17.4 Å². The Morgan fingerprint density at radius 3 is 2.68 bits per heavy atom. The van der Waals surface area contributed by atoms with Crippen LogP contribution in [0.1, 0.15) is 30.4 Å². The summed E-state index contributed by atoms with van der Waals surface area (Å²) in [5, 5.41) is 10.5. The number of nitrogens with zero attached hydrogens (tertiary/aromatic N) is 1. The van der Waals surface area contributed by atoms with Crippen molar-refractivity contribution < 1.29 is 23.1 Å². The monoisotopic (exact) mass is 464 g/mol. The third-order valence-corrected chi connectivity index (χ3v) is 8.07. The molecule has 1 heterocycles. The summed E-state index contributed by atoms with van der Waals surface area (Å²) in [4.78, 5) is 12.1. The van der Waals surface area contributed by atoms with Crippen LogP contribution in [-0.4, -0.2) is 48.5 Å². The van der Waals surface area contributed by atoms with E-state index in [0.29, 0.717) is 18.1 Å². The maximum absolute atomic E-state index is 13.1. The molecule has 0 bridgehead atoms. The number of carboxylic acids is 1. The third kappa shape index (κ3) is 4.36. The first-order chi connectivity index (χ1) is 14.7. The van der Waals surface area contributed by atoms with Gasteiger partial charge in [-0.15, -0.1) is 0 Å². The second-order valence-electron chi connectivity index (χ2n) is 8.17. The van der Waals surface area contributed by atoms with Crippen molar-refractivity contribution in [1.82, 2.24) is 9.03 Å². The largest absolute Gasteiger partial charge is 0.480 e. The highest BCUT2D eigenvalue weighted by molar-refractivity contribution is 7.87. The van der Waals surface area contributed by atoms with Gasteiger partial charge in [-0.05, 0) is 35.6 Å². The van der Waals surface area contributed by atoms with Crippen LogP contribution in [0.25, 0.3) is 0 Å². The highest BCUT2D eigenvalue weighted by Gasteiger charge is 2.70. The minimum atomic E-state index is -4.00. The van der Waals surface area contributed by atoms with Gasteiger partial charge < -0.3 is 9.84 Å². The Morgan fingerprint density at radius 1 is 1.26 bits per heavy atom. The number of nitrogens with one attached hydrogen (secondary N) is 1. The standard InChI is InChI=1S/C22H25ClN2O5S/c1-15-20(17-7-3-2-4-8-17)22(15,21(26)27)24-31(28,29)25-11-10-19(13-25)30-14-16-6-5-9-18(23)12-16/h2-9,12,15,19-20,24H,10-11,13-14H2,1H3,(H,26,27)/t15?,19?,20-,22-/m0/s1. The van der Waals surface area contributed by atoms with Crippen molar-refractivity contribution in [3.8, 4) is 0 Å². The summed E-state index contributed by atoms with van der Waals surface area (Å²) in [6.07, 6.45) is 0.275. The number of aliphatic carboxylic acids is 1. The molecule has 0 spiro atoms. The van der Waals surface area contributed by atoms with Crippen molar-refractivity contribution in [1.29, 1.82) is 0 Å². The minimum absolute atomic E-state index is 0.177. The highest BCUT2D eigenvalue weighted by Crippen LogP contribution is 2.58. The molecule has 2 aromatic carbocycles. The van der Waals surface area contributed by atoms with Gasteiger partial charge in [-0.1, -0.05) is 61.0 Å². The number of benzene rings is 2. The molecule has 1 aliphatic heterocycles. The molecule has 2 N–H and O–H groups in total. The number of halogens is 1. The average Bonchev–Trinajstić information content (AvgIpc) is 3.09. The Kier molecular flexibility index (Phi) is 6.11. The lowest BCUT2D eigenvalue weighted by Gasteiger charge is -2.22. The van der Waals surface area contributed by atoms with Crippen molar-refractivity contribution in [3.05, 3.63) is 70.7 Å². The Morgan fingerprint density at radius 2 is 2.00 bits per heavy atom. The zero-order chi connectivity index (χ0) is 22.2. The normalized spacial score (nSPS) is 28.5. The molecule has 1 saturated heterocycles. The van der Waals surface area contributed by atoms with Crippen LogP contribution in [0.4, 0.5) is 0 Å². The molecule has 166 valence electrons. The molecule has 2 aliphatic rings. The van der Waals surface area contributed by atoms with E-state index in [4.69, 9.17) is 16.3 Å². The molecular weight excluding hydrogens is 440 g/mol. The summed E-state index contributed by atoms with van der Waals surface area (Å²) < 4.78 is 35.8. The summed E-state index contributed by atoms with van der Waals surface area (Å²) in [6, 6.07) is 16.5. The van der Waals surface area contributed by atoms with Crippen LogP contribution in [0, 0.1) is 5.92 Å². The van der Waals surface area contributed by atoms with E-state index in [1.54, 1.807) is 19.1 Å². The smallest absolute Gasteiger partial charge is 0.325 e. The highest BCUT2D eigenvalue weighted by atomic mass is 35.5. The molecule has 1 aliphatic carbocycles. The van der Waals surface area contributed by atoms with Gasteiger partial charge in [-0.3, -0.25) is 4.79 Å². The van der Waals surface area contributed by atoms with Crippen LogP contribution in [-0.2, 0) is 26.3 Å². The summed E-state index contributed by atoms with van der Waals surface area (Å²) in [5.74, 6) is -1.94. The molecule has 2 unspecified atom stereocenters. The summed E-state index contributed by atoms with van der Waals surface area (Å²) >= 11 is 5.98. The summed E-state index contributed by atoms with van der Waals surface area (Å²) in [6.45, 7) is 2.54. The fourth-order valence-electron chi connectivity index (χ4n) is 4.47. The molecule has 2 aromatic rings. The van der Waals surface area contributed by atoms with Crippen molar-refractivity contribution in [2.45, 2.75) is 37.5 Å². The zero-order valence-electron chi connectivity index (χ0n) is 17.1. The van der Waals surface area contributed by atoms with Gasteiger partial charge in [0.25, 0.3) is 10.2 Å². The van der Waals surface area contributed by atoms with E-state index < -0.39 is 27.6 Å². The molecule has 2 fully saturated rings. The Bertz CT molecular complexity index is 1060. The van der Waals surface area contributed by atoms with Crippen LogP contribution in [0.5, 0.6) is 0 Å². The Balaban J connectivity index is 1.42. The van der Waals surface area contributed by atoms with E-state index >= 15 is 0 Å². The van der Waals surface area contributed by atoms with Crippen LogP contribution < -0.4 is 4.72 Å². The first kappa shape index (κ1) is 22.2. The van der Waals surface area contributed by atoms with Crippen molar-refractivity contribution in [2.24, 2.45) is 5.92 Å². The molecule has 4 rings (SSSR count). The van der Waals surface area contributed by atoms with E-state index in [2.05, 4.69) is 4.72 Å². The van der Waals surface area contributed by atoms with Crippen molar-refractivity contribution >= 4 is 27.8 Å². The lowest BCUT2D eigenvalue weighted by atomic mass is 10.1. The minimum Gasteiger partial charge on any atom is -0.480 e. The third-order valence-electron chi connectivity index (χ3n) is 6.23. The number of rotatable bonds is 8. The molecule has 7 nitrogen and oxygen atoms in total. The lowest BCUT2D eigenvalue weighted by Crippen LogP contribution is -2.51. The van der Waals surface area contributed by atoms with Gasteiger partial charge in [-0.25, -0.2) is 0 Å². The molecule has 31 heavy (non-hydrogen) atoms. The van der Waals surface area contributed by atoms with Crippen LogP contribution in [0.3, 0.4) is 0 Å². The summed E-state index contributed by atoms with van der Waals surface area (Å²) in [5.41, 5.74) is 0.179. The predicted octanol–water partition coefficient (Wildman–Crippen LogP) is 3.02. The van der Waals surface area contributed by atoms with Crippen molar-refractivity contribution in [3.63, 3.8) is 0 Å². The Hall–Kier alpha value is -1.97. The van der Waals surface area contributed by atoms with Gasteiger partial charge in [0.15, 0.2) is 0 Å². The molecule has 0 radical (unpaired) electrons. The van der Waals surface area contributed by atoms with Gasteiger partial charge in [0, 0.05) is 24.0 Å². The average molecular weight is 465 g/mol. The zero-order valence-corrected chi connectivity index (χ0v) is 18.6. The fourth-order valence-corrected chi connectivity index (χ4v) is 6.35. The maximum atomic E-state index is 13.1. The van der Waals surface area contributed by atoms with Gasteiger partial charge in [0.1, 0.15) is 5.54 Å². The van der Waals surface area contributed by atoms with Gasteiger partial charge >= 0.3 is 5.97 Å².